The number of allylic oxidation sites excluding steroid dienone is 1. The van der Waals surface area contributed by atoms with Crippen LogP contribution in [0.1, 0.15) is 50.4 Å². The van der Waals surface area contributed by atoms with Gasteiger partial charge in [-0.3, -0.25) is 4.79 Å². The Kier molecular flexibility index (Phi) is 5.29. The summed E-state index contributed by atoms with van der Waals surface area (Å²) in [5.74, 6) is -1.73. The van der Waals surface area contributed by atoms with E-state index >= 15 is 0 Å². The van der Waals surface area contributed by atoms with Crippen LogP contribution < -0.4 is 5.32 Å². The maximum atomic E-state index is 14.7. The molecule has 0 atom stereocenters. The zero-order chi connectivity index (χ0) is 25.7. The third kappa shape index (κ3) is 3.74. The van der Waals surface area contributed by atoms with Crippen molar-refractivity contribution in [2.45, 2.75) is 25.2 Å². The number of rotatable bonds is 4. The summed E-state index contributed by atoms with van der Waals surface area (Å²) in [5.41, 5.74) is 3.00. The molecule has 0 bridgehead atoms. The van der Waals surface area contributed by atoms with Crippen molar-refractivity contribution in [2.75, 3.05) is 18.4 Å². The molecule has 2 aromatic carbocycles. The Labute approximate surface area is 212 Å². The minimum atomic E-state index is -1.22. The molecular weight excluding hydrogens is 473 g/mol. The molecule has 0 radical (unpaired) electrons. The number of benzene rings is 2. The maximum absolute atomic E-state index is 14.7. The molecule has 1 amide bonds. The molecular formula is C28H24FN5O3. The number of fused-ring (bicyclic) bond motifs is 3. The van der Waals surface area contributed by atoms with Gasteiger partial charge in [0.2, 0.25) is 0 Å². The van der Waals surface area contributed by atoms with Gasteiger partial charge in [-0.25, -0.2) is 14.2 Å². The fourth-order valence-corrected chi connectivity index (χ4v) is 5.34. The molecule has 2 aliphatic rings. The first-order valence-corrected chi connectivity index (χ1v) is 12.1. The summed E-state index contributed by atoms with van der Waals surface area (Å²) in [6, 6.07) is 14.7. The van der Waals surface area contributed by atoms with E-state index in [2.05, 4.69) is 39.7 Å². The Morgan fingerprint density at radius 3 is 2.68 bits per heavy atom. The number of halogens is 1. The Bertz CT molecular complexity index is 1600. The summed E-state index contributed by atoms with van der Waals surface area (Å²) in [5, 5.41) is 16.7. The van der Waals surface area contributed by atoms with E-state index in [1.165, 1.54) is 27.9 Å². The highest BCUT2D eigenvalue weighted by Gasteiger charge is 2.39. The number of nitrogens with one attached hydrogen (secondary N) is 1. The summed E-state index contributed by atoms with van der Waals surface area (Å²) in [7, 11) is 0. The van der Waals surface area contributed by atoms with Gasteiger partial charge in [0.1, 0.15) is 22.9 Å². The molecule has 6 rings (SSSR count). The summed E-state index contributed by atoms with van der Waals surface area (Å²) < 4.78 is 16.0. The van der Waals surface area contributed by atoms with Gasteiger partial charge in [-0.1, -0.05) is 48.6 Å². The normalized spacial score (nSPS) is 15.8. The SMILES string of the molecule is Cc1cccc(Nc2cc(C(=O)N3CCC4(C=Cc5ccccc54)CC3)nc3c(C(=O)O)cnn23)c1F. The van der Waals surface area contributed by atoms with Gasteiger partial charge in [0.15, 0.2) is 5.65 Å². The van der Waals surface area contributed by atoms with Crippen LogP contribution in [0.4, 0.5) is 15.9 Å². The van der Waals surface area contributed by atoms with Crippen LogP contribution in [0.25, 0.3) is 11.7 Å². The van der Waals surface area contributed by atoms with Crippen LogP contribution in [0.2, 0.25) is 0 Å². The lowest BCUT2D eigenvalue weighted by Crippen LogP contribution is -2.44. The number of hydrogen-bond acceptors (Lipinski definition) is 5. The lowest BCUT2D eigenvalue weighted by atomic mass is 9.74. The standard InChI is InChI=1S/C28H24FN5O3/c1-17-5-4-8-21(24(17)29)31-23-15-22(32-25-19(27(36)37)16-30-34(23)25)26(35)33-13-11-28(12-14-33)10-9-18-6-2-3-7-20(18)28/h2-10,15-16,31H,11-14H2,1H3,(H,36,37). The molecule has 0 saturated carbocycles. The third-order valence-corrected chi connectivity index (χ3v) is 7.40. The molecule has 3 heterocycles. The summed E-state index contributed by atoms with van der Waals surface area (Å²) in [6.45, 7) is 2.71. The second-order valence-corrected chi connectivity index (χ2v) is 9.56. The van der Waals surface area contributed by atoms with Crippen LogP contribution in [0.3, 0.4) is 0 Å². The molecule has 1 fully saturated rings. The lowest BCUT2D eigenvalue weighted by molar-refractivity contribution is 0.0677. The summed E-state index contributed by atoms with van der Waals surface area (Å²) >= 11 is 0. The van der Waals surface area contributed by atoms with E-state index in [4.69, 9.17) is 0 Å². The van der Waals surface area contributed by atoms with E-state index in [9.17, 15) is 19.1 Å². The molecule has 1 saturated heterocycles. The zero-order valence-corrected chi connectivity index (χ0v) is 20.1. The van der Waals surface area contributed by atoms with Gasteiger partial charge >= 0.3 is 5.97 Å². The van der Waals surface area contributed by atoms with E-state index in [1.807, 2.05) is 12.1 Å². The van der Waals surface area contributed by atoms with Gasteiger partial charge in [-0.05, 0) is 42.5 Å². The molecule has 1 spiro atoms. The summed E-state index contributed by atoms with van der Waals surface area (Å²) in [4.78, 5) is 31.5. The average Bonchev–Trinajstić information content (AvgIpc) is 3.49. The van der Waals surface area contributed by atoms with E-state index in [0.29, 0.717) is 18.7 Å². The van der Waals surface area contributed by atoms with Crippen molar-refractivity contribution in [3.05, 3.63) is 94.6 Å². The predicted molar refractivity (Wildman–Crippen MR) is 137 cm³/mol. The molecule has 2 aromatic heterocycles. The van der Waals surface area contributed by atoms with Gasteiger partial charge < -0.3 is 15.3 Å². The number of aromatic carboxylic acids is 1. The van der Waals surface area contributed by atoms with Crippen LogP contribution in [0.5, 0.6) is 0 Å². The van der Waals surface area contributed by atoms with Gasteiger partial charge in [0.25, 0.3) is 5.91 Å². The highest BCUT2D eigenvalue weighted by atomic mass is 19.1. The van der Waals surface area contributed by atoms with E-state index < -0.39 is 11.8 Å². The Morgan fingerprint density at radius 2 is 1.89 bits per heavy atom. The van der Waals surface area contributed by atoms with E-state index in [0.717, 1.165) is 12.8 Å². The molecule has 1 aliphatic carbocycles. The van der Waals surface area contributed by atoms with Crippen molar-refractivity contribution in [2.24, 2.45) is 0 Å². The fraction of sp³-hybridized carbons (Fsp3) is 0.214. The van der Waals surface area contributed by atoms with Gasteiger partial charge in [-0.15, -0.1) is 0 Å². The Hall–Kier alpha value is -4.53. The first-order valence-electron chi connectivity index (χ1n) is 12.1. The second-order valence-electron chi connectivity index (χ2n) is 9.56. The van der Waals surface area contributed by atoms with Crippen LogP contribution >= 0.6 is 0 Å². The molecule has 2 N–H and O–H groups in total. The average molecular weight is 498 g/mol. The molecule has 186 valence electrons. The number of likely N-dealkylation sites (tertiary alicyclic amines) is 1. The fourth-order valence-electron chi connectivity index (χ4n) is 5.34. The monoisotopic (exact) mass is 497 g/mol. The number of carboxylic acids is 1. The molecule has 37 heavy (non-hydrogen) atoms. The largest absolute Gasteiger partial charge is 0.477 e. The van der Waals surface area contributed by atoms with Crippen LogP contribution in [-0.4, -0.2) is 49.6 Å². The van der Waals surface area contributed by atoms with Crippen LogP contribution in [0, 0.1) is 12.7 Å². The highest BCUT2D eigenvalue weighted by Crippen LogP contribution is 2.43. The molecule has 9 heteroatoms. The number of carboxylic acid groups (broad SMARTS) is 1. The molecule has 0 unspecified atom stereocenters. The second kappa shape index (κ2) is 8.55. The van der Waals surface area contributed by atoms with E-state index in [-0.39, 0.29) is 39.7 Å². The Morgan fingerprint density at radius 1 is 1.11 bits per heavy atom. The maximum Gasteiger partial charge on any atom is 0.341 e. The van der Waals surface area contributed by atoms with Crippen molar-refractivity contribution in [1.29, 1.82) is 0 Å². The number of amides is 1. The van der Waals surface area contributed by atoms with Gasteiger partial charge in [0.05, 0.1) is 11.9 Å². The minimum absolute atomic E-state index is 0.00930. The lowest BCUT2D eigenvalue weighted by Gasteiger charge is -2.39. The zero-order valence-electron chi connectivity index (χ0n) is 20.1. The number of piperidine rings is 1. The van der Waals surface area contributed by atoms with Crippen LogP contribution in [-0.2, 0) is 5.41 Å². The number of carbonyl (C=O) groups excluding carboxylic acids is 1. The van der Waals surface area contributed by atoms with Crippen molar-refractivity contribution >= 4 is 35.1 Å². The highest BCUT2D eigenvalue weighted by molar-refractivity contribution is 5.97. The number of aryl methyl sites for hydroxylation is 1. The quantitative estimate of drug-likeness (QED) is 0.419. The topological polar surface area (TPSA) is 99.8 Å². The number of aromatic nitrogens is 3. The number of anilines is 2. The number of nitrogens with zero attached hydrogens (tertiary/aromatic N) is 4. The van der Waals surface area contributed by atoms with Crippen molar-refractivity contribution in [1.82, 2.24) is 19.5 Å². The number of carbonyl (C=O) groups is 2. The predicted octanol–water partition coefficient (Wildman–Crippen LogP) is 4.82. The van der Waals surface area contributed by atoms with Gasteiger partial charge in [-0.2, -0.15) is 9.61 Å². The van der Waals surface area contributed by atoms with Crippen molar-refractivity contribution < 1.29 is 19.1 Å². The van der Waals surface area contributed by atoms with Crippen molar-refractivity contribution in [3.63, 3.8) is 0 Å². The van der Waals surface area contributed by atoms with E-state index in [1.54, 1.807) is 30.0 Å². The third-order valence-electron chi connectivity index (χ3n) is 7.40. The van der Waals surface area contributed by atoms with Crippen LogP contribution in [0.15, 0.2) is 60.8 Å². The summed E-state index contributed by atoms with van der Waals surface area (Å²) in [6.07, 6.45) is 7.12. The van der Waals surface area contributed by atoms with Gasteiger partial charge in [0, 0.05) is 24.6 Å². The Balaban J connectivity index is 1.33. The minimum Gasteiger partial charge on any atom is -0.477 e. The van der Waals surface area contributed by atoms with Crippen molar-refractivity contribution in [3.8, 4) is 0 Å². The molecule has 8 nitrogen and oxygen atoms in total. The molecule has 1 aliphatic heterocycles. The molecule has 4 aromatic rings. The number of hydrogen-bond donors (Lipinski definition) is 2. The first kappa shape index (κ1) is 22.9. The smallest absolute Gasteiger partial charge is 0.341 e. The first-order chi connectivity index (χ1) is 17.9.